The minimum atomic E-state index is -0.502. The Balaban J connectivity index is 3.30. The summed E-state index contributed by atoms with van der Waals surface area (Å²) in [7, 11) is 0. The van der Waals surface area contributed by atoms with E-state index in [1.54, 1.807) is 0 Å². The molecular weight excluding hydrogens is 260 g/mol. The highest BCUT2D eigenvalue weighted by Crippen LogP contribution is 2.33. The molecule has 0 amide bonds. The number of nitrogens with zero attached hydrogens (tertiary/aromatic N) is 3. The molecule has 0 aliphatic heterocycles. The molecule has 0 radical (unpaired) electrons. The summed E-state index contributed by atoms with van der Waals surface area (Å²) in [5.41, 5.74) is -0.197. The first-order valence-electron chi connectivity index (χ1n) is 6.79. The molecule has 1 rings (SSSR count). The number of anilines is 1. The second-order valence-electron chi connectivity index (χ2n) is 5.23. The van der Waals surface area contributed by atoms with Gasteiger partial charge < -0.3 is 10.1 Å². The predicted molar refractivity (Wildman–Crippen MR) is 77.3 cm³/mol. The molecule has 0 bridgehead atoms. The highest BCUT2D eigenvalue weighted by atomic mass is 16.6. The van der Waals surface area contributed by atoms with E-state index in [1.165, 1.54) is 0 Å². The lowest BCUT2D eigenvalue weighted by molar-refractivity contribution is -0.385. The van der Waals surface area contributed by atoms with Crippen LogP contribution >= 0.6 is 0 Å². The Morgan fingerprint density at radius 1 is 1.30 bits per heavy atom. The zero-order chi connectivity index (χ0) is 15.3. The topological polar surface area (TPSA) is 90.2 Å². The van der Waals surface area contributed by atoms with Gasteiger partial charge in [-0.25, -0.2) is 4.98 Å². The molecule has 0 spiro atoms. The van der Waals surface area contributed by atoms with Gasteiger partial charge in [0.25, 0.3) is 5.88 Å². The van der Waals surface area contributed by atoms with E-state index in [1.807, 2.05) is 34.6 Å². The van der Waals surface area contributed by atoms with Crippen molar-refractivity contribution in [2.75, 3.05) is 18.5 Å². The lowest BCUT2D eigenvalue weighted by Gasteiger charge is -2.13. The van der Waals surface area contributed by atoms with Gasteiger partial charge in [-0.05, 0) is 12.8 Å². The van der Waals surface area contributed by atoms with E-state index in [4.69, 9.17) is 4.74 Å². The van der Waals surface area contributed by atoms with Crippen LogP contribution in [0.25, 0.3) is 0 Å². The summed E-state index contributed by atoms with van der Waals surface area (Å²) in [6, 6.07) is 0. The van der Waals surface area contributed by atoms with Gasteiger partial charge in [-0.1, -0.05) is 27.7 Å². The summed E-state index contributed by atoms with van der Waals surface area (Å²) in [5.74, 6) is 1.11. The molecule has 112 valence electrons. The Kier molecular flexibility index (Phi) is 5.66. The fourth-order valence-electron chi connectivity index (χ4n) is 1.51. The van der Waals surface area contributed by atoms with Gasteiger partial charge in [-0.2, -0.15) is 4.98 Å². The standard InChI is InChI=1S/C13H22N4O3/c1-6-14-12-10(17(18)19)13(20-7-8(2)3)16-11(15-12)9(4)5/h8-9H,6-7H2,1-5H3,(H,14,15,16). The van der Waals surface area contributed by atoms with Crippen molar-refractivity contribution in [3.8, 4) is 5.88 Å². The van der Waals surface area contributed by atoms with E-state index in [9.17, 15) is 10.1 Å². The molecule has 7 nitrogen and oxygen atoms in total. The van der Waals surface area contributed by atoms with Crippen LogP contribution in [0.15, 0.2) is 0 Å². The van der Waals surface area contributed by atoms with E-state index in [0.29, 0.717) is 19.0 Å². The molecule has 1 aromatic rings. The SMILES string of the molecule is CCNc1nc(C(C)C)nc(OCC(C)C)c1[N+](=O)[O-]. The van der Waals surface area contributed by atoms with E-state index < -0.39 is 4.92 Å². The zero-order valence-electron chi connectivity index (χ0n) is 12.6. The molecule has 0 saturated heterocycles. The molecule has 0 aromatic carbocycles. The van der Waals surface area contributed by atoms with E-state index >= 15 is 0 Å². The second kappa shape index (κ2) is 7.02. The molecule has 1 heterocycles. The fourth-order valence-corrected chi connectivity index (χ4v) is 1.51. The normalized spacial score (nSPS) is 10.9. The van der Waals surface area contributed by atoms with Gasteiger partial charge in [0.1, 0.15) is 5.82 Å². The first-order chi connectivity index (χ1) is 9.36. The van der Waals surface area contributed by atoms with Crippen LogP contribution in [0.5, 0.6) is 5.88 Å². The van der Waals surface area contributed by atoms with Crippen LogP contribution in [0, 0.1) is 16.0 Å². The van der Waals surface area contributed by atoms with Crippen LogP contribution in [-0.2, 0) is 0 Å². The molecule has 0 atom stereocenters. The summed E-state index contributed by atoms with van der Waals surface area (Å²) in [6.07, 6.45) is 0. The summed E-state index contributed by atoms with van der Waals surface area (Å²) >= 11 is 0. The van der Waals surface area contributed by atoms with E-state index in [2.05, 4.69) is 15.3 Å². The summed E-state index contributed by atoms with van der Waals surface area (Å²) in [5, 5.41) is 14.2. The number of aromatic nitrogens is 2. The van der Waals surface area contributed by atoms with Crippen molar-refractivity contribution < 1.29 is 9.66 Å². The van der Waals surface area contributed by atoms with Crippen molar-refractivity contribution in [2.45, 2.75) is 40.5 Å². The number of hydrogen-bond acceptors (Lipinski definition) is 6. The third-order valence-corrected chi connectivity index (χ3v) is 2.47. The maximum Gasteiger partial charge on any atom is 0.372 e. The van der Waals surface area contributed by atoms with Crippen LogP contribution < -0.4 is 10.1 Å². The number of rotatable bonds is 7. The second-order valence-corrected chi connectivity index (χ2v) is 5.23. The molecule has 20 heavy (non-hydrogen) atoms. The molecule has 0 unspecified atom stereocenters. The Morgan fingerprint density at radius 2 is 1.95 bits per heavy atom. The third-order valence-electron chi connectivity index (χ3n) is 2.47. The van der Waals surface area contributed by atoms with Gasteiger partial charge in [0.05, 0.1) is 11.5 Å². The molecule has 0 aliphatic carbocycles. The molecule has 0 aliphatic rings. The molecular formula is C13H22N4O3. The lowest BCUT2D eigenvalue weighted by Crippen LogP contribution is -2.13. The Bertz CT molecular complexity index is 475. The Labute approximate surface area is 118 Å². The monoisotopic (exact) mass is 282 g/mol. The maximum absolute atomic E-state index is 11.2. The van der Waals surface area contributed by atoms with Gasteiger partial charge in [-0.3, -0.25) is 10.1 Å². The largest absolute Gasteiger partial charge is 0.472 e. The van der Waals surface area contributed by atoms with Gasteiger partial charge in [0.2, 0.25) is 5.82 Å². The molecule has 1 N–H and O–H groups in total. The molecule has 1 aromatic heterocycles. The highest BCUT2D eigenvalue weighted by Gasteiger charge is 2.27. The Hall–Kier alpha value is -1.92. The van der Waals surface area contributed by atoms with E-state index in [0.717, 1.165) is 0 Å². The van der Waals surface area contributed by atoms with Crippen molar-refractivity contribution >= 4 is 11.5 Å². The van der Waals surface area contributed by atoms with Crippen molar-refractivity contribution in [2.24, 2.45) is 5.92 Å². The maximum atomic E-state index is 11.2. The van der Waals surface area contributed by atoms with Gasteiger partial charge in [-0.15, -0.1) is 0 Å². The van der Waals surface area contributed by atoms with Crippen LogP contribution in [0.4, 0.5) is 11.5 Å². The molecule has 7 heteroatoms. The van der Waals surface area contributed by atoms with Crippen LogP contribution in [0.1, 0.15) is 46.4 Å². The van der Waals surface area contributed by atoms with Gasteiger partial charge >= 0.3 is 5.69 Å². The molecule has 0 saturated carbocycles. The minimum absolute atomic E-state index is 0.0401. The first kappa shape index (κ1) is 16.1. The zero-order valence-corrected chi connectivity index (χ0v) is 12.6. The summed E-state index contributed by atoms with van der Waals surface area (Å²) in [6.45, 7) is 10.6. The number of nitro groups is 1. The van der Waals surface area contributed by atoms with Crippen molar-refractivity contribution in [3.63, 3.8) is 0 Å². The van der Waals surface area contributed by atoms with E-state index in [-0.39, 0.29) is 29.2 Å². The summed E-state index contributed by atoms with van der Waals surface area (Å²) < 4.78 is 5.50. The van der Waals surface area contributed by atoms with Crippen LogP contribution in [0.2, 0.25) is 0 Å². The fraction of sp³-hybridized carbons (Fsp3) is 0.692. The Morgan fingerprint density at radius 3 is 2.40 bits per heavy atom. The van der Waals surface area contributed by atoms with Crippen LogP contribution in [0.3, 0.4) is 0 Å². The van der Waals surface area contributed by atoms with Gasteiger partial charge in [0, 0.05) is 12.5 Å². The number of nitrogens with one attached hydrogen (secondary N) is 1. The highest BCUT2D eigenvalue weighted by molar-refractivity contribution is 5.61. The number of hydrogen-bond donors (Lipinski definition) is 1. The average molecular weight is 282 g/mol. The molecule has 0 fully saturated rings. The first-order valence-corrected chi connectivity index (χ1v) is 6.79. The van der Waals surface area contributed by atoms with Crippen molar-refractivity contribution in [3.05, 3.63) is 15.9 Å². The van der Waals surface area contributed by atoms with Crippen LogP contribution in [-0.4, -0.2) is 28.0 Å². The third kappa shape index (κ3) is 4.04. The number of ether oxygens (including phenoxy) is 1. The predicted octanol–water partition coefficient (Wildman–Crippen LogP) is 2.97. The van der Waals surface area contributed by atoms with Crippen molar-refractivity contribution in [1.82, 2.24) is 9.97 Å². The lowest BCUT2D eigenvalue weighted by atomic mass is 10.2. The average Bonchev–Trinajstić information content (AvgIpc) is 2.35. The van der Waals surface area contributed by atoms with Crippen molar-refractivity contribution in [1.29, 1.82) is 0 Å². The quantitative estimate of drug-likeness (QED) is 0.610. The van der Waals surface area contributed by atoms with Gasteiger partial charge in [0.15, 0.2) is 0 Å². The summed E-state index contributed by atoms with van der Waals surface area (Å²) in [4.78, 5) is 19.2. The smallest absolute Gasteiger partial charge is 0.372 e. The minimum Gasteiger partial charge on any atom is -0.472 e.